The second-order valence-electron chi connectivity index (χ2n) is 2.62. The first kappa shape index (κ1) is 19.1. The van der Waals surface area contributed by atoms with Crippen LogP contribution in [0.5, 0.6) is 0 Å². The smallest absolute Gasteiger partial charge is 0.402 e. The molecule has 104 valence electrons. The van der Waals surface area contributed by atoms with Crippen LogP contribution < -0.4 is 5.32 Å². The normalized spacial score (nSPS) is 12.1. The van der Waals surface area contributed by atoms with Crippen molar-refractivity contribution in [3.63, 3.8) is 0 Å². The van der Waals surface area contributed by atoms with Gasteiger partial charge in [0.05, 0.1) is 13.2 Å². The Morgan fingerprint density at radius 2 is 1.33 bits per heavy atom. The van der Waals surface area contributed by atoms with Crippen LogP contribution in [-0.2, 0) is 14.3 Å². The largest absolute Gasteiger partial charge is 0.631 e. The molecule has 10 heteroatoms. The summed E-state index contributed by atoms with van der Waals surface area (Å²) >= 11 is 0. The van der Waals surface area contributed by atoms with Crippen LogP contribution in [0.3, 0.4) is 0 Å². The number of carbonyl (C=O) groups excluding carboxylic acids is 2. The van der Waals surface area contributed by atoms with Gasteiger partial charge in [0, 0.05) is 25.2 Å². The summed E-state index contributed by atoms with van der Waals surface area (Å²) in [6, 6.07) is 0. The SMILES string of the molecule is O=C1C=CC(=O)O1.OB(O)O.OCCNCCO. The highest BCUT2D eigenvalue weighted by Gasteiger charge is 2.10. The number of aliphatic hydroxyl groups excluding tert-OH is 2. The van der Waals surface area contributed by atoms with Crippen molar-refractivity contribution in [2.75, 3.05) is 26.3 Å². The Kier molecular flexibility index (Phi) is 14.6. The van der Waals surface area contributed by atoms with Crippen molar-refractivity contribution in [1.82, 2.24) is 5.32 Å². The van der Waals surface area contributed by atoms with Crippen molar-refractivity contribution < 1.29 is 39.6 Å². The Morgan fingerprint density at radius 3 is 1.50 bits per heavy atom. The molecule has 0 aromatic rings. The molecular formula is C8H16BNO8. The van der Waals surface area contributed by atoms with Crippen LogP contribution in [0.4, 0.5) is 0 Å². The van der Waals surface area contributed by atoms with Gasteiger partial charge in [-0.05, 0) is 0 Å². The van der Waals surface area contributed by atoms with Crippen molar-refractivity contribution in [3.8, 4) is 0 Å². The Labute approximate surface area is 103 Å². The van der Waals surface area contributed by atoms with E-state index in [1.165, 1.54) is 0 Å². The molecule has 9 nitrogen and oxygen atoms in total. The molecule has 0 atom stereocenters. The zero-order chi connectivity index (χ0) is 14.4. The fraction of sp³-hybridized carbons (Fsp3) is 0.500. The Hall–Kier alpha value is -1.30. The second-order valence-corrected chi connectivity index (χ2v) is 2.62. The summed E-state index contributed by atoms with van der Waals surface area (Å²) in [5.41, 5.74) is 0. The van der Waals surface area contributed by atoms with E-state index in [1.807, 2.05) is 0 Å². The fourth-order valence-corrected chi connectivity index (χ4v) is 0.586. The Balaban J connectivity index is 0. The van der Waals surface area contributed by atoms with E-state index in [9.17, 15) is 9.59 Å². The molecule has 0 saturated heterocycles. The molecule has 0 amide bonds. The lowest BCUT2D eigenvalue weighted by Gasteiger charge is -1.94. The summed E-state index contributed by atoms with van der Waals surface area (Å²) in [5, 5.41) is 40.6. The summed E-state index contributed by atoms with van der Waals surface area (Å²) in [5.74, 6) is -1.16. The third-order valence-electron chi connectivity index (χ3n) is 1.13. The summed E-state index contributed by atoms with van der Waals surface area (Å²) in [7, 11) is -2.17. The van der Waals surface area contributed by atoms with Gasteiger partial charge in [-0.25, -0.2) is 9.59 Å². The van der Waals surface area contributed by atoms with Crippen LogP contribution >= 0.6 is 0 Å². The van der Waals surface area contributed by atoms with Gasteiger partial charge in [-0.1, -0.05) is 0 Å². The zero-order valence-corrected chi connectivity index (χ0v) is 9.52. The highest BCUT2D eigenvalue weighted by molar-refractivity contribution is 6.30. The summed E-state index contributed by atoms with van der Waals surface area (Å²) in [4.78, 5) is 19.8. The Morgan fingerprint density at radius 1 is 1.00 bits per heavy atom. The molecule has 0 aromatic heterocycles. The number of hydrogen-bond donors (Lipinski definition) is 6. The van der Waals surface area contributed by atoms with Gasteiger partial charge in [-0.15, -0.1) is 0 Å². The van der Waals surface area contributed by atoms with E-state index < -0.39 is 19.3 Å². The van der Waals surface area contributed by atoms with Crippen molar-refractivity contribution in [2.45, 2.75) is 0 Å². The van der Waals surface area contributed by atoms with Gasteiger partial charge < -0.3 is 35.3 Å². The number of cyclic esters (lactones) is 2. The van der Waals surface area contributed by atoms with E-state index in [0.29, 0.717) is 13.1 Å². The standard InChI is InChI=1S/C4H11NO2.C4H2O3.BH3O3/c6-3-1-5-2-4-7;5-3-1-2-4(6)7-3;2-1(3)4/h5-7H,1-4H2;1-2H;2-4H. The van der Waals surface area contributed by atoms with Gasteiger partial charge in [0.15, 0.2) is 0 Å². The third kappa shape index (κ3) is 20.2. The maximum absolute atomic E-state index is 9.92. The molecule has 1 aliphatic heterocycles. The van der Waals surface area contributed by atoms with Crippen LogP contribution in [0.25, 0.3) is 0 Å². The van der Waals surface area contributed by atoms with E-state index in [1.54, 1.807) is 0 Å². The van der Waals surface area contributed by atoms with Gasteiger partial charge in [-0.2, -0.15) is 0 Å². The molecule has 1 aliphatic rings. The van der Waals surface area contributed by atoms with Gasteiger partial charge in [0.1, 0.15) is 0 Å². The zero-order valence-electron chi connectivity index (χ0n) is 9.52. The average molecular weight is 265 g/mol. The van der Waals surface area contributed by atoms with E-state index in [2.05, 4.69) is 10.1 Å². The first-order chi connectivity index (χ1) is 8.43. The van der Waals surface area contributed by atoms with Crippen LogP contribution in [0.2, 0.25) is 0 Å². The summed E-state index contributed by atoms with van der Waals surface area (Å²) in [6.45, 7) is 1.42. The fourth-order valence-electron chi connectivity index (χ4n) is 0.586. The van der Waals surface area contributed by atoms with E-state index in [-0.39, 0.29) is 13.2 Å². The highest BCUT2D eigenvalue weighted by atomic mass is 16.6. The van der Waals surface area contributed by atoms with Crippen molar-refractivity contribution >= 4 is 19.3 Å². The van der Waals surface area contributed by atoms with Gasteiger partial charge in [-0.3, -0.25) is 0 Å². The molecule has 0 radical (unpaired) electrons. The first-order valence-corrected chi connectivity index (χ1v) is 4.84. The maximum atomic E-state index is 9.92. The highest BCUT2D eigenvalue weighted by Crippen LogP contribution is 1.92. The Bertz CT molecular complexity index is 235. The molecule has 0 saturated carbocycles. The van der Waals surface area contributed by atoms with Crippen LogP contribution in [0, 0.1) is 0 Å². The van der Waals surface area contributed by atoms with E-state index in [0.717, 1.165) is 12.2 Å². The molecule has 0 aliphatic carbocycles. The molecule has 0 unspecified atom stereocenters. The third-order valence-corrected chi connectivity index (χ3v) is 1.13. The number of hydrogen-bond acceptors (Lipinski definition) is 9. The summed E-state index contributed by atoms with van der Waals surface area (Å²) < 4.78 is 3.97. The van der Waals surface area contributed by atoms with Gasteiger partial charge >= 0.3 is 19.3 Å². The molecular weight excluding hydrogens is 249 g/mol. The second kappa shape index (κ2) is 13.8. The van der Waals surface area contributed by atoms with E-state index in [4.69, 9.17) is 25.3 Å². The number of aliphatic hydroxyl groups is 2. The van der Waals surface area contributed by atoms with Crippen LogP contribution in [-0.4, -0.2) is 70.8 Å². The van der Waals surface area contributed by atoms with Crippen molar-refractivity contribution in [3.05, 3.63) is 12.2 Å². The number of nitrogens with one attached hydrogen (secondary N) is 1. The van der Waals surface area contributed by atoms with E-state index >= 15 is 0 Å². The van der Waals surface area contributed by atoms with Crippen LogP contribution in [0.15, 0.2) is 12.2 Å². The summed E-state index contributed by atoms with van der Waals surface area (Å²) in [6.07, 6.45) is 2.17. The predicted molar refractivity (Wildman–Crippen MR) is 59.7 cm³/mol. The lowest BCUT2D eigenvalue weighted by Crippen LogP contribution is -2.21. The molecule has 0 fully saturated rings. The van der Waals surface area contributed by atoms with Crippen LogP contribution in [0.1, 0.15) is 0 Å². The number of carbonyl (C=O) groups is 2. The topological polar surface area (TPSA) is 157 Å². The number of ether oxygens (including phenoxy) is 1. The average Bonchev–Trinajstić information content (AvgIpc) is 2.63. The first-order valence-electron chi connectivity index (χ1n) is 4.84. The number of esters is 2. The molecule has 18 heavy (non-hydrogen) atoms. The molecule has 6 N–H and O–H groups in total. The number of rotatable bonds is 4. The lowest BCUT2D eigenvalue weighted by atomic mass is 10.3. The molecule has 1 rings (SSSR count). The van der Waals surface area contributed by atoms with Crippen molar-refractivity contribution in [1.29, 1.82) is 0 Å². The minimum atomic E-state index is -2.17. The van der Waals surface area contributed by atoms with Gasteiger partial charge in [0.25, 0.3) is 0 Å². The predicted octanol–water partition coefficient (Wildman–Crippen LogP) is -3.87. The molecule has 0 spiro atoms. The minimum absolute atomic E-state index is 0.139. The van der Waals surface area contributed by atoms with Crippen molar-refractivity contribution in [2.24, 2.45) is 0 Å². The molecule has 0 aromatic carbocycles. The maximum Gasteiger partial charge on any atom is 0.631 e. The monoisotopic (exact) mass is 265 g/mol. The molecule has 1 heterocycles. The lowest BCUT2D eigenvalue weighted by molar-refractivity contribution is -0.150. The quantitative estimate of drug-likeness (QED) is 0.129. The minimum Gasteiger partial charge on any atom is -0.402 e. The molecule has 0 bridgehead atoms. The van der Waals surface area contributed by atoms with Gasteiger partial charge in [0.2, 0.25) is 0 Å².